The van der Waals surface area contributed by atoms with Crippen molar-refractivity contribution >= 4 is 22.0 Å². The lowest BCUT2D eigenvalue weighted by molar-refractivity contribution is 0.0953. The van der Waals surface area contributed by atoms with Crippen LogP contribution in [0.15, 0.2) is 66.1 Å². The summed E-state index contributed by atoms with van der Waals surface area (Å²) in [4.78, 5) is 25.2. The minimum atomic E-state index is -3.78. The van der Waals surface area contributed by atoms with Crippen LogP contribution in [0.2, 0.25) is 0 Å². The van der Waals surface area contributed by atoms with Crippen molar-refractivity contribution in [2.45, 2.75) is 24.2 Å². The van der Waals surface area contributed by atoms with Crippen molar-refractivity contribution in [3.63, 3.8) is 0 Å². The molecule has 8 nitrogen and oxygen atoms in total. The van der Waals surface area contributed by atoms with E-state index in [4.69, 9.17) is 0 Å². The SMILES string of the molecule is O=C(NCCc1ccccn1)c1cnc2c(c1)N([S+](=O)([O-])c1cccnc1)CCC2. The van der Waals surface area contributed by atoms with Crippen LogP contribution in [-0.2, 0) is 27.5 Å². The zero-order valence-electron chi connectivity index (χ0n) is 16.2. The summed E-state index contributed by atoms with van der Waals surface area (Å²) in [5, 5.41) is 2.84. The van der Waals surface area contributed by atoms with E-state index in [1.807, 2.05) is 18.2 Å². The molecule has 0 saturated carbocycles. The van der Waals surface area contributed by atoms with Crippen LogP contribution < -0.4 is 9.62 Å². The fraction of sp³-hybridized carbons (Fsp3) is 0.238. The highest BCUT2D eigenvalue weighted by Crippen LogP contribution is 2.33. The molecule has 1 amide bonds. The molecule has 30 heavy (non-hydrogen) atoms. The number of carbonyl (C=O) groups is 1. The number of rotatable bonds is 6. The highest BCUT2D eigenvalue weighted by molar-refractivity contribution is 7.99. The molecule has 3 aromatic heterocycles. The van der Waals surface area contributed by atoms with Crippen LogP contribution in [0.1, 0.15) is 28.2 Å². The fourth-order valence-corrected chi connectivity index (χ4v) is 4.84. The molecule has 3 aromatic rings. The molecule has 1 aliphatic rings. The maximum atomic E-state index is 13.1. The molecule has 1 N–H and O–H groups in total. The normalized spacial score (nSPS) is 15.2. The molecule has 0 saturated heterocycles. The van der Waals surface area contributed by atoms with E-state index in [9.17, 15) is 13.6 Å². The van der Waals surface area contributed by atoms with Crippen LogP contribution >= 0.6 is 0 Å². The molecule has 1 unspecified atom stereocenters. The summed E-state index contributed by atoms with van der Waals surface area (Å²) in [6.07, 6.45) is 7.98. The molecule has 0 radical (unpaired) electrons. The van der Waals surface area contributed by atoms with Crippen molar-refractivity contribution in [3.05, 3.63) is 78.1 Å². The second-order valence-electron chi connectivity index (χ2n) is 6.89. The highest BCUT2D eigenvalue weighted by atomic mass is 32.3. The lowest BCUT2D eigenvalue weighted by atomic mass is 10.1. The Bertz CT molecular complexity index is 1080. The van der Waals surface area contributed by atoms with Crippen LogP contribution in [0.4, 0.5) is 5.69 Å². The molecule has 0 bridgehead atoms. The Kier molecular flexibility index (Phi) is 5.82. The average Bonchev–Trinajstić information content (AvgIpc) is 2.79. The summed E-state index contributed by atoms with van der Waals surface area (Å²) in [6.45, 7) is 0.751. The van der Waals surface area contributed by atoms with Crippen LogP contribution in [-0.4, -0.2) is 38.5 Å². The van der Waals surface area contributed by atoms with Gasteiger partial charge in [-0.2, -0.15) is 4.31 Å². The van der Waals surface area contributed by atoms with Gasteiger partial charge in [0.15, 0.2) is 15.3 Å². The van der Waals surface area contributed by atoms with Crippen LogP contribution in [0.3, 0.4) is 0 Å². The lowest BCUT2D eigenvalue weighted by Gasteiger charge is -2.32. The van der Waals surface area contributed by atoms with E-state index in [0.717, 1.165) is 5.69 Å². The lowest BCUT2D eigenvalue weighted by Crippen LogP contribution is -2.40. The summed E-state index contributed by atoms with van der Waals surface area (Å²) in [6, 6.07) is 10.3. The molecule has 0 aliphatic carbocycles. The van der Waals surface area contributed by atoms with Crippen molar-refractivity contribution in [2.24, 2.45) is 0 Å². The second kappa shape index (κ2) is 8.68. The van der Waals surface area contributed by atoms with Gasteiger partial charge in [-0.05, 0) is 43.2 Å². The third-order valence-corrected chi connectivity index (χ3v) is 6.67. The predicted octanol–water partition coefficient (Wildman–Crippen LogP) is 2.20. The molecule has 1 aliphatic heterocycles. The summed E-state index contributed by atoms with van der Waals surface area (Å²) in [7, 11) is -3.78. The number of hydrogen-bond acceptors (Lipinski definition) is 6. The topological polar surface area (TPSA) is 111 Å². The summed E-state index contributed by atoms with van der Waals surface area (Å²) in [5.41, 5.74) is 2.32. The van der Waals surface area contributed by atoms with Crippen molar-refractivity contribution in [2.75, 3.05) is 17.4 Å². The first-order chi connectivity index (χ1) is 14.6. The van der Waals surface area contributed by atoms with Gasteiger partial charge < -0.3 is 9.87 Å². The zero-order valence-corrected chi connectivity index (χ0v) is 17.0. The number of nitrogens with one attached hydrogen (secondary N) is 1. The largest absolute Gasteiger partial charge is 0.588 e. The van der Waals surface area contributed by atoms with Crippen molar-refractivity contribution < 1.29 is 13.6 Å². The smallest absolute Gasteiger partial charge is 0.252 e. The number of sulfonamides is 1. The fourth-order valence-electron chi connectivity index (χ4n) is 3.35. The van der Waals surface area contributed by atoms with Gasteiger partial charge in [0.05, 0.1) is 24.0 Å². The van der Waals surface area contributed by atoms with Gasteiger partial charge in [0, 0.05) is 37.3 Å². The average molecular weight is 423 g/mol. The number of anilines is 1. The summed E-state index contributed by atoms with van der Waals surface area (Å²) in [5.74, 6) is -0.300. The van der Waals surface area contributed by atoms with E-state index >= 15 is 0 Å². The number of carbonyl (C=O) groups excluding carboxylic acids is 1. The molecule has 154 valence electrons. The van der Waals surface area contributed by atoms with Crippen LogP contribution in [0.25, 0.3) is 0 Å². The van der Waals surface area contributed by atoms with Gasteiger partial charge in [-0.1, -0.05) is 10.3 Å². The molecule has 4 rings (SSSR count). The maximum absolute atomic E-state index is 13.1. The minimum absolute atomic E-state index is 0.114. The van der Waals surface area contributed by atoms with E-state index in [2.05, 4.69) is 20.3 Å². The summed E-state index contributed by atoms with van der Waals surface area (Å²) < 4.78 is 27.5. The zero-order chi connectivity index (χ0) is 21.0. The highest BCUT2D eigenvalue weighted by Gasteiger charge is 2.35. The van der Waals surface area contributed by atoms with Gasteiger partial charge in [-0.3, -0.25) is 19.7 Å². The molecular formula is C21H21N5O3S. The monoisotopic (exact) mass is 423 g/mol. The van der Waals surface area contributed by atoms with E-state index in [1.165, 1.54) is 29.0 Å². The standard InChI is InChI=1S/C21H21N5O3S/c27-21(24-11-8-17-5-1-2-10-23-17)16-13-20-19(25-14-16)7-4-12-26(20)30(28,29)18-6-3-9-22-15-18/h1-3,5-6,9-10,13-15H,4,7-8,11-12H2,(H-,24,27,28,29). The Hall–Kier alpha value is -3.17. The minimum Gasteiger partial charge on any atom is -0.588 e. The molecule has 0 fully saturated rings. The third-order valence-electron chi connectivity index (χ3n) is 4.87. The van der Waals surface area contributed by atoms with Gasteiger partial charge in [0.25, 0.3) is 5.91 Å². The Balaban J connectivity index is 1.53. The Morgan fingerprint density at radius 3 is 2.83 bits per heavy atom. The Morgan fingerprint density at radius 2 is 2.07 bits per heavy atom. The number of nitrogens with zero attached hydrogens (tertiary/aromatic N) is 4. The number of aryl methyl sites for hydroxylation is 1. The number of hydrogen-bond donors (Lipinski definition) is 1. The van der Waals surface area contributed by atoms with Crippen LogP contribution in [0.5, 0.6) is 0 Å². The Morgan fingerprint density at radius 1 is 1.17 bits per heavy atom. The third kappa shape index (κ3) is 4.22. The van der Waals surface area contributed by atoms with E-state index in [1.54, 1.807) is 18.3 Å². The summed E-state index contributed by atoms with van der Waals surface area (Å²) >= 11 is 0. The van der Waals surface area contributed by atoms with Crippen molar-refractivity contribution in [1.82, 2.24) is 20.3 Å². The number of pyridine rings is 3. The first-order valence-electron chi connectivity index (χ1n) is 9.65. The van der Waals surface area contributed by atoms with Gasteiger partial charge in [0.2, 0.25) is 0 Å². The van der Waals surface area contributed by atoms with E-state index < -0.39 is 10.4 Å². The molecular weight excluding hydrogens is 402 g/mol. The molecule has 9 heteroatoms. The molecule has 0 spiro atoms. The number of fused-ring (bicyclic) bond motifs is 1. The first kappa shape index (κ1) is 20.1. The quantitative estimate of drug-likeness (QED) is 0.609. The molecule has 0 aromatic carbocycles. The Labute approximate surface area is 175 Å². The van der Waals surface area contributed by atoms with Crippen molar-refractivity contribution in [3.8, 4) is 0 Å². The molecule has 4 heterocycles. The van der Waals surface area contributed by atoms with Gasteiger partial charge >= 0.3 is 0 Å². The van der Waals surface area contributed by atoms with Crippen molar-refractivity contribution in [1.29, 1.82) is 0 Å². The predicted molar refractivity (Wildman–Crippen MR) is 112 cm³/mol. The van der Waals surface area contributed by atoms with Gasteiger partial charge in [-0.15, -0.1) is 0 Å². The van der Waals surface area contributed by atoms with Gasteiger partial charge in [0.1, 0.15) is 5.69 Å². The maximum Gasteiger partial charge on any atom is 0.252 e. The number of amides is 1. The second-order valence-corrected chi connectivity index (χ2v) is 8.75. The van der Waals surface area contributed by atoms with Crippen LogP contribution in [0, 0.1) is 0 Å². The number of aromatic nitrogens is 3. The first-order valence-corrected chi connectivity index (χ1v) is 11.1. The van der Waals surface area contributed by atoms with E-state index in [-0.39, 0.29) is 10.8 Å². The molecule has 1 atom stereocenters. The van der Waals surface area contributed by atoms with E-state index in [0.29, 0.717) is 49.3 Å². The van der Waals surface area contributed by atoms with Gasteiger partial charge in [-0.25, -0.2) is 0 Å².